The Hall–Kier alpha value is -2.90. The van der Waals surface area contributed by atoms with Crippen LogP contribution in [0.4, 0.5) is 23.1 Å². The predicted molar refractivity (Wildman–Crippen MR) is 69.4 cm³/mol. The van der Waals surface area contributed by atoms with Gasteiger partial charge in [0.1, 0.15) is 11.9 Å². The van der Waals surface area contributed by atoms with E-state index < -0.39 is 4.92 Å². The van der Waals surface area contributed by atoms with Gasteiger partial charge in [0, 0.05) is 0 Å². The minimum absolute atomic E-state index is 0.0157. The molecule has 2 rings (SSSR count). The molecule has 0 unspecified atom stereocenters. The van der Waals surface area contributed by atoms with Crippen molar-refractivity contribution >= 4 is 23.1 Å². The maximum absolute atomic E-state index is 10.9. The molecule has 0 bridgehead atoms. The molecule has 0 saturated carbocycles. The lowest BCUT2D eigenvalue weighted by molar-refractivity contribution is -0.384. The molecule has 1 aromatic heterocycles. The van der Waals surface area contributed by atoms with Gasteiger partial charge in [-0.2, -0.15) is 4.98 Å². The Kier molecular flexibility index (Phi) is 3.42. The topological polar surface area (TPSA) is 116 Å². The Morgan fingerprint density at radius 2 is 2.16 bits per heavy atom. The van der Waals surface area contributed by atoms with Gasteiger partial charge < -0.3 is 15.8 Å². The average Bonchev–Trinajstić information content (AvgIpc) is 2.39. The van der Waals surface area contributed by atoms with E-state index in [1.807, 2.05) is 0 Å². The maximum atomic E-state index is 10.9. The molecule has 0 fully saturated rings. The van der Waals surface area contributed by atoms with Crippen LogP contribution in [-0.2, 0) is 0 Å². The highest BCUT2D eigenvalue weighted by Gasteiger charge is 2.17. The number of nitrogens with two attached hydrogens (primary N) is 1. The molecule has 3 N–H and O–H groups in total. The molecule has 0 spiro atoms. The minimum atomic E-state index is -0.586. The highest BCUT2D eigenvalue weighted by Crippen LogP contribution is 2.30. The molecular formula is C11H11N5O3. The molecule has 0 saturated heterocycles. The molecule has 98 valence electrons. The van der Waals surface area contributed by atoms with Gasteiger partial charge in [-0.05, 0) is 12.1 Å². The van der Waals surface area contributed by atoms with Crippen LogP contribution in [0.25, 0.3) is 0 Å². The first kappa shape index (κ1) is 12.6. The van der Waals surface area contributed by atoms with Crippen LogP contribution in [0.1, 0.15) is 0 Å². The molecule has 0 aliphatic carbocycles. The summed E-state index contributed by atoms with van der Waals surface area (Å²) in [6.45, 7) is 0. The molecule has 0 atom stereocenters. The fourth-order valence-electron chi connectivity index (χ4n) is 1.49. The van der Waals surface area contributed by atoms with Crippen LogP contribution in [0.5, 0.6) is 5.75 Å². The van der Waals surface area contributed by atoms with E-state index in [-0.39, 0.29) is 17.5 Å². The second-order valence-corrected chi connectivity index (χ2v) is 3.54. The Morgan fingerprint density at radius 3 is 2.84 bits per heavy atom. The molecule has 8 nitrogen and oxygen atoms in total. The first-order valence-electron chi connectivity index (χ1n) is 5.28. The molecule has 1 heterocycles. The van der Waals surface area contributed by atoms with Gasteiger partial charge in [-0.15, -0.1) is 0 Å². The Morgan fingerprint density at radius 1 is 1.42 bits per heavy atom. The molecule has 2 aromatic rings. The van der Waals surface area contributed by atoms with Crippen molar-refractivity contribution in [2.45, 2.75) is 0 Å². The second-order valence-electron chi connectivity index (χ2n) is 3.54. The molecule has 0 radical (unpaired) electrons. The van der Waals surface area contributed by atoms with Crippen LogP contribution >= 0.6 is 0 Å². The number of benzene rings is 1. The first-order valence-corrected chi connectivity index (χ1v) is 5.28. The second kappa shape index (κ2) is 5.17. The molecule has 0 aliphatic rings. The van der Waals surface area contributed by atoms with Gasteiger partial charge in [-0.3, -0.25) is 10.1 Å². The van der Waals surface area contributed by atoms with Crippen molar-refractivity contribution in [3.05, 3.63) is 40.6 Å². The lowest BCUT2D eigenvalue weighted by Gasteiger charge is -2.10. The quantitative estimate of drug-likeness (QED) is 0.635. The third-order valence-electron chi connectivity index (χ3n) is 2.34. The molecule has 19 heavy (non-hydrogen) atoms. The van der Waals surface area contributed by atoms with E-state index in [0.29, 0.717) is 11.4 Å². The van der Waals surface area contributed by atoms with Gasteiger partial charge in [0.2, 0.25) is 11.8 Å². The van der Waals surface area contributed by atoms with Crippen LogP contribution in [0.2, 0.25) is 0 Å². The monoisotopic (exact) mass is 261 g/mol. The Labute approximate surface area is 108 Å². The lowest BCUT2D eigenvalue weighted by Crippen LogP contribution is -2.04. The number of anilines is 3. The highest BCUT2D eigenvalue weighted by atomic mass is 16.6. The summed E-state index contributed by atoms with van der Waals surface area (Å²) in [5.41, 5.74) is 5.72. The summed E-state index contributed by atoms with van der Waals surface area (Å²) in [5, 5.41) is 13.7. The Bertz CT molecular complexity index is 617. The summed E-state index contributed by atoms with van der Waals surface area (Å²) in [7, 11) is 1.50. The third-order valence-corrected chi connectivity index (χ3v) is 2.34. The van der Waals surface area contributed by atoms with Gasteiger partial charge >= 0.3 is 5.69 Å². The van der Waals surface area contributed by atoms with E-state index in [9.17, 15) is 10.1 Å². The number of nitro groups is 1. The van der Waals surface area contributed by atoms with Crippen LogP contribution < -0.4 is 15.8 Å². The Balaban J connectivity index is 2.42. The van der Waals surface area contributed by atoms with E-state index in [0.717, 1.165) is 6.20 Å². The zero-order chi connectivity index (χ0) is 13.8. The smallest absolute Gasteiger partial charge is 0.329 e. The van der Waals surface area contributed by atoms with Crippen LogP contribution in [0.3, 0.4) is 0 Å². The SMILES string of the molecule is COc1ccccc1Nc1nc(N)ncc1[N+](=O)[O-]. The summed E-state index contributed by atoms with van der Waals surface area (Å²) in [5.74, 6) is 0.499. The number of hydrogen-bond donors (Lipinski definition) is 2. The van der Waals surface area contributed by atoms with E-state index in [4.69, 9.17) is 10.5 Å². The van der Waals surface area contributed by atoms with E-state index in [1.54, 1.807) is 24.3 Å². The number of para-hydroxylation sites is 2. The number of methoxy groups -OCH3 is 1. The van der Waals surface area contributed by atoms with Gasteiger partial charge in [-0.25, -0.2) is 4.98 Å². The first-order chi connectivity index (χ1) is 9.11. The largest absolute Gasteiger partial charge is 0.495 e. The summed E-state index contributed by atoms with van der Waals surface area (Å²) >= 11 is 0. The van der Waals surface area contributed by atoms with Crippen molar-refractivity contribution in [2.75, 3.05) is 18.2 Å². The number of aromatic nitrogens is 2. The average molecular weight is 261 g/mol. The normalized spacial score (nSPS) is 9.95. The maximum Gasteiger partial charge on any atom is 0.329 e. The summed E-state index contributed by atoms with van der Waals surface area (Å²) in [4.78, 5) is 17.7. The highest BCUT2D eigenvalue weighted by molar-refractivity contribution is 5.70. The number of hydrogen-bond acceptors (Lipinski definition) is 7. The van der Waals surface area contributed by atoms with Crippen LogP contribution in [-0.4, -0.2) is 22.0 Å². The molecule has 0 amide bonds. The van der Waals surface area contributed by atoms with Crippen LogP contribution in [0.15, 0.2) is 30.5 Å². The summed E-state index contributed by atoms with van der Waals surface area (Å²) < 4.78 is 5.14. The van der Waals surface area contributed by atoms with E-state index in [1.165, 1.54) is 7.11 Å². The summed E-state index contributed by atoms with van der Waals surface area (Å²) in [6, 6.07) is 6.98. The standard InChI is InChI=1S/C11H11N5O3/c1-19-9-5-3-2-4-7(9)14-10-8(16(17)18)6-13-11(12)15-10/h2-6H,1H3,(H3,12,13,14,15). The summed E-state index contributed by atoms with van der Waals surface area (Å²) in [6.07, 6.45) is 1.06. The zero-order valence-electron chi connectivity index (χ0n) is 10.0. The van der Waals surface area contributed by atoms with Crippen molar-refractivity contribution in [3.63, 3.8) is 0 Å². The lowest BCUT2D eigenvalue weighted by atomic mass is 10.3. The molecular weight excluding hydrogens is 250 g/mol. The third kappa shape index (κ3) is 2.68. The van der Waals surface area contributed by atoms with Gasteiger partial charge in [0.15, 0.2) is 0 Å². The van der Waals surface area contributed by atoms with Crippen molar-refractivity contribution in [1.29, 1.82) is 0 Å². The van der Waals surface area contributed by atoms with E-state index in [2.05, 4.69) is 15.3 Å². The van der Waals surface area contributed by atoms with Crippen LogP contribution in [0, 0.1) is 10.1 Å². The molecule has 8 heteroatoms. The number of nitrogen functional groups attached to an aromatic ring is 1. The zero-order valence-corrected chi connectivity index (χ0v) is 10.0. The minimum Gasteiger partial charge on any atom is -0.495 e. The molecule has 1 aromatic carbocycles. The fourth-order valence-corrected chi connectivity index (χ4v) is 1.49. The number of nitrogens with zero attached hydrogens (tertiary/aromatic N) is 3. The number of rotatable bonds is 4. The number of ether oxygens (including phenoxy) is 1. The fraction of sp³-hybridized carbons (Fsp3) is 0.0909. The van der Waals surface area contributed by atoms with Crippen molar-refractivity contribution in [1.82, 2.24) is 9.97 Å². The van der Waals surface area contributed by atoms with Crippen molar-refractivity contribution in [2.24, 2.45) is 0 Å². The molecule has 0 aliphatic heterocycles. The van der Waals surface area contributed by atoms with Gasteiger partial charge in [0.05, 0.1) is 17.7 Å². The number of nitrogens with one attached hydrogen (secondary N) is 1. The predicted octanol–water partition coefficient (Wildman–Crippen LogP) is 1.72. The van der Waals surface area contributed by atoms with Crippen molar-refractivity contribution in [3.8, 4) is 5.75 Å². The van der Waals surface area contributed by atoms with Gasteiger partial charge in [-0.1, -0.05) is 12.1 Å². The van der Waals surface area contributed by atoms with Gasteiger partial charge in [0.25, 0.3) is 0 Å². The van der Waals surface area contributed by atoms with Crippen molar-refractivity contribution < 1.29 is 9.66 Å². The van der Waals surface area contributed by atoms with E-state index >= 15 is 0 Å².